The number of H-pyrrole nitrogens is 1. The van der Waals surface area contributed by atoms with Crippen LogP contribution in [0.2, 0.25) is 0 Å². The zero-order valence-corrected chi connectivity index (χ0v) is 11.1. The second-order valence-electron chi connectivity index (χ2n) is 3.88. The third-order valence-electron chi connectivity index (χ3n) is 2.65. The van der Waals surface area contributed by atoms with E-state index in [0.717, 1.165) is 22.2 Å². The zero-order chi connectivity index (χ0) is 12.4. The van der Waals surface area contributed by atoms with E-state index in [-0.39, 0.29) is 5.56 Å². The average Bonchev–Trinajstić information content (AvgIpc) is 2.57. The van der Waals surface area contributed by atoms with E-state index >= 15 is 0 Å². The molecule has 1 aromatic heterocycles. The first kappa shape index (κ1) is 12.0. The quantitative estimate of drug-likeness (QED) is 0.911. The fourth-order valence-electron chi connectivity index (χ4n) is 1.75. The number of hydrogen-bond donors (Lipinski definition) is 2. The van der Waals surface area contributed by atoms with Crippen LogP contribution < -0.4 is 11.3 Å². The summed E-state index contributed by atoms with van der Waals surface area (Å²) in [6.07, 6.45) is 0.729. The Kier molecular flexibility index (Phi) is 3.38. The number of halogens is 1. The molecular formula is C12H14BrN3O. The highest BCUT2D eigenvalue weighted by Gasteiger charge is 2.09. The van der Waals surface area contributed by atoms with Gasteiger partial charge >= 0.3 is 0 Å². The number of hydrogen-bond acceptors (Lipinski definition) is 2. The summed E-state index contributed by atoms with van der Waals surface area (Å²) in [5.74, 6) is 0. The summed E-state index contributed by atoms with van der Waals surface area (Å²) in [6.45, 7) is 2.47. The van der Waals surface area contributed by atoms with E-state index < -0.39 is 0 Å². The van der Waals surface area contributed by atoms with Gasteiger partial charge in [0.2, 0.25) is 0 Å². The molecule has 1 aromatic carbocycles. The zero-order valence-electron chi connectivity index (χ0n) is 9.53. The van der Waals surface area contributed by atoms with Crippen LogP contribution in [-0.2, 0) is 13.0 Å². The minimum absolute atomic E-state index is 0.151. The molecule has 0 saturated heterocycles. The first-order valence-corrected chi connectivity index (χ1v) is 6.22. The molecule has 0 aliphatic heterocycles. The van der Waals surface area contributed by atoms with Crippen molar-refractivity contribution in [3.63, 3.8) is 0 Å². The van der Waals surface area contributed by atoms with Gasteiger partial charge in [0.1, 0.15) is 5.69 Å². The molecule has 0 atom stereocenters. The Bertz CT molecular complexity index is 586. The number of benzene rings is 1. The predicted molar refractivity (Wildman–Crippen MR) is 72.1 cm³/mol. The smallest absolute Gasteiger partial charge is 0.290 e. The Morgan fingerprint density at radius 2 is 2.24 bits per heavy atom. The number of nitrogens with one attached hydrogen (secondary N) is 1. The second-order valence-corrected chi connectivity index (χ2v) is 4.79. The minimum Gasteiger partial charge on any atom is -0.393 e. The second kappa shape index (κ2) is 4.79. The van der Waals surface area contributed by atoms with Crippen molar-refractivity contribution in [2.45, 2.75) is 19.9 Å². The third kappa shape index (κ3) is 2.44. The van der Waals surface area contributed by atoms with Crippen LogP contribution in [0.5, 0.6) is 0 Å². The highest BCUT2D eigenvalue weighted by atomic mass is 79.9. The summed E-state index contributed by atoms with van der Waals surface area (Å²) in [5.41, 5.74) is 7.74. The molecular weight excluding hydrogens is 282 g/mol. The molecule has 0 unspecified atom stereocenters. The highest BCUT2D eigenvalue weighted by molar-refractivity contribution is 9.10. The lowest BCUT2D eigenvalue weighted by atomic mass is 10.2. The van der Waals surface area contributed by atoms with Gasteiger partial charge in [-0.15, -0.1) is 0 Å². The van der Waals surface area contributed by atoms with Gasteiger partial charge in [0, 0.05) is 4.47 Å². The van der Waals surface area contributed by atoms with Gasteiger partial charge in [-0.1, -0.05) is 35.0 Å². The molecule has 0 aliphatic carbocycles. The maximum Gasteiger partial charge on any atom is 0.290 e. The molecule has 0 fully saturated rings. The number of aromatic nitrogens is 2. The van der Waals surface area contributed by atoms with E-state index in [2.05, 4.69) is 21.0 Å². The molecule has 90 valence electrons. The van der Waals surface area contributed by atoms with E-state index in [4.69, 9.17) is 5.73 Å². The van der Waals surface area contributed by atoms with Crippen molar-refractivity contribution in [3.8, 4) is 0 Å². The molecule has 0 spiro atoms. The molecule has 0 amide bonds. The number of rotatable bonds is 3. The van der Waals surface area contributed by atoms with Crippen LogP contribution in [0.4, 0.5) is 5.69 Å². The topological polar surface area (TPSA) is 63.8 Å². The van der Waals surface area contributed by atoms with Gasteiger partial charge in [0.25, 0.3) is 5.56 Å². The van der Waals surface area contributed by atoms with Gasteiger partial charge in [-0.25, -0.2) is 4.68 Å². The maximum atomic E-state index is 11.8. The summed E-state index contributed by atoms with van der Waals surface area (Å²) < 4.78 is 2.54. The number of aromatic amines is 1. The molecule has 1 heterocycles. The lowest BCUT2D eigenvalue weighted by Crippen LogP contribution is -2.19. The van der Waals surface area contributed by atoms with Crippen molar-refractivity contribution < 1.29 is 0 Å². The molecule has 5 heteroatoms. The van der Waals surface area contributed by atoms with Gasteiger partial charge in [-0.05, 0) is 24.1 Å². The predicted octanol–water partition coefficient (Wildman–Crippen LogP) is 2.13. The minimum atomic E-state index is -0.151. The molecule has 2 aromatic rings. The lowest BCUT2D eigenvalue weighted by Gasteiger charge is -2.02. The van der Waals surface area contributed by atoms with Crippen LogP contribution in [0.1, 0.15) is 18.2 Å². The Hall–Kier alpha value is -1.49. The van der Waals surface area contributed by atoms with Crippen molar-refractivity contribution in [3.05, 3.63) is 50.3 Å². The summed E-state index contributed by atoms with van der Waals surface area (Å²) in [7, 11) is 0. The van der Waals surface area contributed by atoms with Crippen LogP contribution in [0.15, 0.2) is 33.5 Å². The fourth-order valence-corrected chi connectivity index (χ4v) is 2.19. The average molecular weight is 296 g/mol. The van der Waals surface area contributed by atoms with Gasteiger partial charge in [0.05, 0.1) is 12.2 Å². The summed E-state index contributed by atoms with van der Waals surface area (Å²) in [4.78, 5) is 11.8. The van der Waals surface area contributed by atoms with Crippen LogP contribution >= 0.6 is 15.9 Å². The first-order chi connectivity index (χ1) is 8.11. The van der Waals surface area contributed by atoms with Gasteiger partial charge in [-0.2, -0.15) is 0 Å². The molecule has 0 aliphatic rings. The molecule has 0 bridgehead atoms. The largest absolute Gasteiger partial charge is 0.393 e. The van der Waals surface area contributed by atoms with E-state index in [1.807, 2.05) is 31.2 Å². The van der Waals surface area contributed by atoms with E-state index in [1.54, 1.807) is 0 Å². The third-order valence-corrected chi connectivity index (χ3v) is 3.15. The maximum absolute atomic E-state index is 11.8. The van der Waals surface area contributed by atoms with Crippen LogP contribution in [-0.4, -0.2) is 9.78 Å². The van der Waals surface area contributed by atoms with E-state index in [9.17, 15) is 4.79 Å². The Balaban J connectivity index is 2.34. The summed E-state index contributed by atoms with van der Waals surface area (Å²) >= 11 is 3.41. The first-order valence-electron chi connectivity index (χ1n) is 5.43. The van der Waals surface area contributed by atoms with Crippen molar-refractivity contribution in [1.29, 1.82) is 0 Å². The van der Waals surface area contributed by atoms with Gasteiger partial charge in [0.15, 0.2) is 0 Å². The van der Waals surface area contributed by atoms with Crippen molar-refractivity contribution >= 4 is 21.6 Å². The number of anilines is 1. The normalized spacial score (nSPS) is 10.7. The highest BCUT2D eigenvalue weighted by Crippen LogP contribution is 2.12. The van der Waals surface area contributed by atoms with Crippen molar-refractivity contribution in [1.82, 2.24) is 9.78 Å². The van der Waals surface area contributed by atoms with Gasteiger partial charge in [-0.3, -0.25) is 9.89 Å². The van der Waals surface area contributed by atoms with Crippen LogP contribution in [0, 0.1) is 0 Å². The lowest BCUT2D eigenvalue weighted by molar-refractivity contribution is 0.653. The van der Waals surface area contributed by atoms with Crippen LogP contribution in [0.25, 0.3) is 0 Å². The molecule has 0 radical (unpaired) electrons. The number of nitrogens with two attached hydrogens (primary N) is 1. The number of aryl methyl sites for hydroxylation is 1. The van der Waals surface area contributed by atoms with E-state index in [0.29, 0.717) is 12.2 Å². The Morgan fingerprint density at radius 1 is 1.47 bits per heavy atom. The fraction of sp³-hybridized carbons (Fsp3) is 0.250. The SMILES string of the molecule is CCc1[nH]n(Cc2cccc(Br)c2)c(=O)c1N. The van der Waals surface area contributed by atoms with E-state index in [1.165, 1.54) is 4.68 Å². The molecule has 3 N–H and O–H groups in total. The van der Waals surface area contributed by atoms with Crippen molar-refractivity contribution in [2.24, 2.45) is 0 Å². The molecule has 0 saturated carbocycles. The Morgan fingerprint density at radius 3 is 2.82 bits per heavy atom. The van der Waals surface area contributed by atoms with Gasteiger partial charge < -0.3 is 5.73 Å². The standard InChI is InChI=1S/C12H14BrN3O/c1-2-10-11(14)12(17)16(15-10)7-8-4-3-5-9(13)6-8/h3-6,15H,2,7,14H2,1H3. The summed E-state index contributed by atoms with van der Waals surface area (Å²) in [5, 5.41) is 3.03. The monoisotopic (exact) mass is 295 g/mol. The van der Waals surface area contributed by atoms with Crippen LogP contribution in [0.3, 0.4) is 0 Å². The number of nitrogen functional groups attached to an aromatic ring is 1. The molecule has 4 nitrogen and oxygen atoms in total. The Labute approximate surface area is 108 Å². The molecule has 17 heavy (non-hydrogen) atoms. The summed E-state index contributed by atoms with van der Waals surface area (Å²) in [6, 6.07) is 7.85. The molecule has 2 rings (SSSR count). The number of nitrogens with zero attached hydrogens (tertiary/aromatic N) is 1. The van der Waals surface area contributed by atoms with Crippen molar-refractivity contribution in [2.75, 3.05) is 5.73 Å².